The molecule has 0 N–H and O–H groups in total. The van der Waals surface area contributed by atoms with Crippen LogP contribution in [0.1, 0.15) is 5.89 Å². The molecule has 0 bridgehead atoms. The Hall–Kier alpha value is -2.78. The van der Waals surface area contributed by atoms with Crippen LogP contribution in [-0.2, 0) is 6.61 Å². The van der Waals surface area contributed by atoms with Gasteiger partial charge < -0.3 is 9.15 Å². The highest BCUT2D eigenvalue weighted by molar-refractivity contribution is 9.10. The Morgan fingerprint density at radius 3 is 2.85 bits per heavy atom. The molecule has 7 nitrogen and oxygen atoms in total. The summed E-state index contributed by atoms with van der Waals surface area (Å²) in [5, 5.41) is 12.7. The molecule has 0 amide bonds. The predicted octanol–water partition coefficient (Wildman–Crippen LogP) is 4.45. The topological polar surface area (TPSA) is 78.9 Å². The first-order chi connectivity index (χ1) is 13.1. The van der Waals surface area contributed by atoms with E-state index in [0.717, 1.165) is 0 Å². The zero-order valence-electron chi connectivity index (χ0n) is 13.5. The molecule has 27 heavy (non-hydrogen) atoms. The van der Waals surface area contributed by atoms with Gasteiger partial charge in [0.15, 0.2) is 24.0 Å². The average molecular weight is 451 g/mol. The maximum absolute atomic E-state index is 13.6. The highest BCUT2D eigenvalue weighted by Gasteiger charge is 2.19. The van der Waals surface area contributed by atoms with Crippen molar-refractivity contribution < 1.29 is 13.5 Å². The Morgan fingerprint density at radius 2 is 2.04 bits per heavy atom. The minimum Gasteiger partial charge on any atom is -0.481 e. The molecular weight excluding hydrogens is 441 g/mol. The molecule has 0 aliphatic heterocycles. The summed E-state index contributed by atoms with van der Waals surface area (Å²) in [6.07, 6.45) is 1.60. The highest BCUT2D eigenvalue weighted by atomic mass is 79.9. The number of hydrogen-bond donors (Lipinski definition) is 0. The van der Waals surface area contributed by atoms with Crippen molar-refractivity contribution in [2.24, 2.45) is 0 Å². The Balaban J connectivity index is 1.61. The third-order valence-electron chi connectivity index (χ3n) is 3.49. The molecule has 4 rings (SSSR count). The molecule has 0 aliphatic rings. The van der Waals surface area contributed by atoms with Crippen LogP contribution in [0.4, 0.5) is 4.39 Å². The Bertz CT molecular complexity index is 1100. The van der Waals surface area contributed by atoms with Gasteiger partial charge in [-0.2, -0.15) is 5.10 Å². The van der Waals surface area contributed by atoms with E-state index in [0.29, 0.717) is 21.1 Å². The summed E-state index contributed by atoms with van der Waals surface area (Å²) in [5.41, 5.74) is 0.493. The quantitative estimate of drug-likeness (QED) is 0.447. The maximum Gasteiger partial charge on any atom is 0.266 e. The first kappa shape index (κ1) is 17.6. The summed E-state index contributed by atoms with van der Waals surface area (Å²) < 4.78 is 26.6. The van der Waals surface area contributed by atoms with Crippen LogP contribution >= 0.6 is 27.5 Å². The van der Waals surface area contributed by atoms with Gasteiger partial charge in [0.1, 0.15) is 10.3 Å². The number of pyridine rings is 1. The van der Waals surface area contributed by atoms with Gasteiger partial charge >= 0.3 is 0 Å². The summed E-state index contributed by atoms with van der Waals surface area (Å²) in [6.45, 7) is -0.0758. The molecule has 0 fully saturated rings. The first-order valence-corrected chi connectivity index (χ1v) is 8.85. The maximum atomic E-state index is 13.6. The fourth-order valence-corrected chi connectivity index (χ4v) is 2.89. The third kappa shape index (κ3) is 3.69. The molecule has 4 aromatic rings. The lowest BCUT2D eigenvalue weighted by atomic mass is 10.3. The smallest absolute Gasteiger partial charge is 0.266 e. The van der Waals surface area contributed by atoms with Crippen molar-refractivity contribution in [2.75, 3.05) is 0 Å². The molecule has 0 unspecified atom stereocenters. The average Bonchev–Trinajstić information content (AvgIpc) is 3.28. The lowest BCUT2D eigenvalue weighted by Crippen LogP contribution is -2.02. The number of rotatable bonds is 5. The lowest BCUT2D eigenvalue weighted by Gasteiger charge is -2.05. The van der Waals surface area contributed by atoms with Gasteiger partial charge in [-0.1, -0.05) is 23.7 Å². The zero-order valence-corrected chi connectivity index (χ0v) is 15.9. The van der Waals surface area contributed by atoms with E-state index in [1.807, 2.05) is 0 Å². The van der Waals surface area contributed by atoms with Crippen molar-refractivity contribution in [1.29, 1.82) is 0 Å². The molecule has 0 saturated carbocycles. The van der Waals surface area contributed by atoms with Crippen molar-refractivity contribution >= 4 is 27.5 Å². The number of benzene rings is 1. The van der Waals surface area contributed by atoms with Crippen molar-refractivity contribution in [3.8, 4) is 23.2 Å². The monoisotopic (exact) mass is 449 g/mol. The Kier molecular flexibility index (Phi) is 4.87. The van der Waals surface area contributed by atoms with E-state index >= 15 is 0 Å². The minimum atomic E-state index is -0.468. The summed E-state index contributed by atoms with van der Waals surface area (Å²) in [7, 11) is 0. The van der Waals surface area contributed by atoms with E-state index in [4.69, 9.17) is 20.8 Å². The van der Waals surface area contributed by atoms with E-state index < -0.39 is 5.82 Å². The normalized spacial score (nSPS) is 10.9. The largest absolute Gasteiger partial charge is 0.481 e. The summed E-state index contributed by atoms with van der Waals surface area (Å²) in [6, 6.07) is 11.2. The van der Waals surface area contributed by atoms with Gasteiger partial charge in [0.2, 0.25) is 0 Å². The second-order valence-corrected chi connectivity index (χ2v) is 6.51. The molecule has 0 atom stereocenters. The predicted molar refractivity (Wildman–Crippen MR) is 98.1 cm³/mol. The fourth-order valence-electron chi connectivity index (χ4n) is 2.32. The lowest BCUT2D eigenvalue weighted by molar-refractivity contribution is 0.253. The van der Waals surface area contributed by atoms with E-state index in [1.54, 1.807) is 36.5 Å². The third-order valence-corrected chi connectivity index (χ3v) is 4.18. The van der Waals surface area contributed by atoms with Gasteiger partial charge in [-0.3, -0.25) is 0 Å². The fraction of sp³-hybridized carbons (Fsp3) is 0.0588. The van der Waals surface area contributed by atoms with Crippen LogP contribution in [0.2, 0.25) is 5.02 Å². The first-order valence-electron chi connectivity index (χ1n) is 7.68. The molecule has 0 spiro atoms. The van der Waals surface area contributed by atoms with E-state index in [2.05, 4.69) is 36.2 Å². The number of para-hydroxylation sites is 1. The van der Waals surface area contributed by atoms with Crippen LogP contribution in [0, 0.1) is 5.82 Å². The summed E-state index contributed by atoms with van der Waals surface area (Å²) >= 11 is 9.52. The van der Waals surface area contributed by atoms with Gasteiger partial charge in [-0.25, -0.2) is 14.1 Å². The van der Waals surface area contributed by atoms with Gasteiger partial charge in [0, 0.05) is 12.3 Å². The number of hydrogen-bond acceptors (Lipinski definition) is 6. The second kappa shape index (κ2) is 7.45. The molecule has 1 aromatic carbocycles. The number of nitrogens with zero attached hydrogens (tertiary/aromatic N) is 5. The van der Waals surface area contributed by atoms with Gasteiger partial charge in [-0.05, 0) is 40.2 Å². The summed E-state index contributed by atoms with van der Waals surface area (Å²) in [5.74, 6) is 0.433. The van der Waals surface area contributed by atoms with Crippen LogP contribution in [0.25, 0.3) is 17.4 Å². The van der Waals surface area contributed by atoms with Crippen LogP contribution < -0.4 is 4.74 Å². The molecule has 0 aliphatic carbocycles. The minimum absolute atomic E-state index is 0.0758. The molecule has 0 saturated heterocycles. The van der Waals surface area contributed by atoms with Gasteiger partial charge in [0.25, 0.3) is 11.8 Å². The van der Waals surface area contributed by atoms with Crippen LogP contribution in [-0.4, -0.2) is 25.0 Å². The van der Waals surface area contributed by atoms with Crippen molar-refractivity contribution in [3.05, 3.63) is 70.0 Å². The highest BCUT2D eigenvalue weighted by Crippen LogP contribution is 2.27. The molecule has 10 heteroatoms. The van der Waals surface area contributed by atoms with Gasteiger partial charge in [-0.15, -0.1) is 10.2 Å². The van der Waals surface area contributed by atoms with Crippen LogP contribution in [0.5, 0.6) is 5.75 Å². The Morgan fingerprint density at radius 1 is 1.19 bits per heavy atom. The SMILES string of the molecule is Fc1ccccc1OCc1nnc(-c2cc(Br)nn2-c2ncccc2Cl)o1. The standard InChI is InChI=1S/C17H10BrClFN5O2/c18-14-8-12(25(24-14)16-10(19)4-3-7-21-16)17-23-22-15(27-17)9-26-13-6-2-1-5-11(13)20/h1-8H,9H2. The molecule has 3 aromatic heterocycles. The number of aromatic nitrogens is 5. The second-order valence-electron chi connectivity index (χ2n) is 5.29. The van der Waals surface area contributed by atoms with Crippen LogP contribution in [0.15, 0.2) is 57.7 Å². The van der Waals surface area contributed by atoms with Gasteiger partial charge in [0.05, 0.1) is 5.02 Å². The number of halogens is 3. The van der Waals surface area contributed by atoms with Crippen LogP contribution in [0.3, 0.4) is 0 Å². The molecular formula is C17H10BrClFN5O2. The summed E-state index contributed by atoms with van der Waals surface area (Å²) in [4.78, 5) is 4.23. The zero-order chi connectivity index (χ0) is 18.8. The van der Waals surface area contributed by atoms with E-state index in [9.17, 15) is 4.39 Å². The molecule has 3 heterocycles. The van der Waals surface area contributed by atoms with E-state index in [-0.39, 0.29) is 24.1 Å². The molecule has 0 radical (unpaired) electrons. The Labute approximate surface area is 165 Å². The van der Waals surface area contributed by atoms with Crippen molar-refractivity contribution in [1.82, 2.24) is 25.0 Å². The van der Waals surface area contributed by atoms with E-state index in [1.165, 1.54) is 16.8 Å². The molecule has 136 valence electrons. The van der Waals surface area contributed by atoms with Crippen molar-refractivity contribution in [2.45, 2.75) is 6.61 Å². The number of ether oxygens (including phenoxy) is 1. The van der Waals surface area contributed by atoms with Crippen molar-refractivity contribution in [3.63, 3.8) is 0 Å².